The molecule has 4 nitrogen and oxygen atoms in total. The molecule has 1 N–H and O–H groups in total. The van der Waals surface area contributed by atoms with Crippen molar-refractivity contribution in [2.24, 2.45) is 0 Å². The van der Waals surface area contributed by atoms with E-state index in [4.69, 9.17) is 16.3 Å². The molecule has 21 heavy (non-hydrogen) atoms. The zero-order valence-corrected chi connectivity index (χ0v) is 13.7. The fourth-order valence-corrected chi connectivity index (χ4v) is 2.01. The highest BCUT2D eigenvalue weighted by Crippen LogP contribution is 2.32. The van der Waals surface area contributed by atoms with Gasteiger partial charge in [-0.3, -0.25) is 0 Å². The molecule has 0 saturated heterocycles. The fourth-order valence-electron chi connectivity index (χ4n) is 1.88. The molecule has 0 spiro atoms. The van der Waals surface area contributed by atoms with Gasteiger partial charge in [-0.05, 0) is 29.5 Å². The Bertz CT molecular complexity index is 650. The number of aryl methyl sites for hydroxylation is 1. The van der Waals surface area contributed by atoms with Gasteiger partial charge in [-0.25, -0.2) is 4.98 Å². The van der Waals surface area contributed by atoms with Crippen LogP contribution in [0.1, 0.15) is 31.9 Å². The largest absolute Gasteiger partial charge is 0.437 e. The molecule has 1 heterocycles. The Kier molecular flexibility index (Phi) is 4.37. The molecule has 0 aliphatic rings. The molecule has 5 heteroatoms. The highest BCUT2D eigenvalue weighted by Gasteiger charge is 2.16. The Hall–Kier alpha value is -1.81. The second kappa shape index (κ2) is 5.90. The number of rotatable bonds is 3. The van der Waals surface area contributed by atoms with Crippen LogP contribution in [-0.4, -0.2) is 17.0 Å². The topological polar surface area (TPSA) is 47.0 Å². The molecule has 0 amide bonds. The smallest absolute Gasteiger partial charge is 0.243 e. The number of hydrogen-bond acceptors (Lipinski definition) is 4. The maximum absolute atomic E-state index is 6.08. The monoisotopic (exact) mass is 305 g/mol. The first-order valence-corrected chi connectivity index (χ1v) is 7.18. The molecule has 0 aliphatic carbocycles. The Morgan fingerprint density at radius 2 is 1.95 bits per heavy atom. The zero-order chi connectivity index (χ0) is 15.6. The van der Waals surface area contributed by atoms with Gasteiger partial charge < -0.3 is 10.1 Å². The highest BCUT2D eigenvalue weighted by molar-refractivity contribution is 6.31. The van der Waals surface area contributed by atoms with E-state index in [2.05, 4.69) is 48.2 Å². The van der Waals surface area contributed by atoms with E-state index >= 15 is 0 Å². The molecule has 0 radical (unpaired) electrons. The molecule has 0 aliphatic heterocycles. The Morgan fingerprint density at radius 1 is 1.24 bits per heavy atom. The minimum Gasteiger partial charge on any atom is -0.437 e. The molecule has 1 aromatic heterocycles. The number of anilines is 1. The fraction of sp³-hybridized carbons (Fsp3) is 0.375. The zero-order valence-electron chi connectivity index (χ0n) is 13.0. The summed E-state index contributed by atoms with van der Waals surface area (Å²) in [5.74, 6) is 1.56. The predicted octanol–water partition coefficient (Wildman–Crippen LogP) is 4.57. The first-order chi connectivity index (χ1) is 9.81. The number of benzene rings is 1. The van der Waals surface area contributed by atoms with Crippen LogP contribution in [-0.2, 0) is 5.41 Å². The molecule has 2 aromatic rings. The normalized spacial score (nSPS) is 11.3. The van der Waals surface area contributed by atoms with Crippen LogP contribution < -0.4 is 10.1 Å². The maximum Gasteiger partial charge on any atom is 0.243 e. The number of aromatic nitrogens is 2. The van der Waals surface area contributed by atoms with Crippen molar-refractivity contribution in [3.05, 3.63) is 40.5 Å². The van der Waals surface area contributed by atoms with Crippen LogP contribution in [0.4, 0.5) is 5.95 Å². The summed E-state index contributed by atoms with van der Waals surface area (Å²) in [6.45, 7) is 8.56. The standard InChI is InChI=1S/C16H20ClN3O/c1-10-8-11(16(2,3)4)6-7-13(10)21-14-12(17)9-19-15(18-5)20-14/h6-9H,1-5H3,(H,18,19,20). The van der Waals surface area contributed by atoms with E-state index in [9.17, 15) is 0 Å². The van der Waals surface area contributed by atoms with Crippen molar-refractivity contribution in [3.63, 3.8) is 0 Å². The van der Waals surface area contributed by atoms with Crippen molar-refractivity contribution in [3.8, 4) is 11.6 Å². The summed E-state index contributed by atoms with van der Waals surface area (Å²) in [5.41, 5.74) is 2.41. The lowest BCUT2D eigenvalue weighted by Gasteiger charge is -2.20. The lowest BCUT2D eigenvalue weighted by Crippen LogP contribution is -2.11. The van der Waals surface area contributed by atoms with Gasteiger partial charge >= 0.3 is 0 Å². The summed E-state index contributed by atoms with van der Waals surface area (Å²) < 4.78 is 5.83. The van der Waals surface area contributed by atoms with Gasteiger partial charge in [-0.2, -0.15) is 4.98 Å². The second-order valence-electron chi connectivity index (χ2n) is 5.93. The summed E-state index contributed by atoms with van der Waals surface area (Å²) in [5, 5.41) is 3.25. The van der Waals surface area contributed by atoms with E-state index in [1.165, 1.54) is 11.8 Å². The molecule has 0 bridgehead atoms. The quantitative estimate of drug-likeness (QED) is 0.902. The number of nitrogens with zero attached hydrogens (tertiary/aromatic N) is 2. The lowest BCUT2D eigenvalue weighted by atomic mass is 9.86. The van der Waals surface area contributed by atoms with E-state index in [0.29, 0.717) is 16.9 Å². The summed E-state index contributed by atoms with van der Waals surface area (Å²) >= 11 is 6.08. The molecular weight excluding hydrogens is 286 g/mol. The third-order valence-electron chi connectivity index (χ3n) is 3.18. The van der Waals surface area contributed by atoms with Crippen LogP contribution in [0.5, 0.6) is 11.6 Å². The molecule has 0 atom stereocenters. The van der Waals surface area contributed by atoms with E-state index < -0.39 is 0 Å². The van der Waals surface area contributed by atoms with Gasteiger partial charge in [0.1, 0.15) is 10.8 Å². The summed E-state index contributed by atoms with van der Waals surface area (Å²) in [6, 6.07) is 6.15. The van der Waals surface area contributed by atoms with Crippen LogP contribution >= 0.6 is 11.6 Å². The Labute approximate surface area is 130 Å². The van der Waals surface area contributed by atoms with Gasteiger partial charge in [0, 0.05) is 7.05 Å². The first-order valence-electron chi connectivity index (χ1n) is 6.80. The average Bonchev–Trinajstić information content (AvgIpc) is 2.42. The predicted molar refractivity (Wildman–Crippen MR) is 86.5 cm³/mol. The van der Waals surface area contributed by atoms with Gasteiger partial charge in [0.05, 0.1) is 6.20 Å². The number of nitrogens with one attached hydrogen (secondary N) is 1. The molecular formula is C16H20ClN3O. The molecule has 112 valence electrons. The van der Waals surface area contributed by atoms with Crippen molar-refractivity contribution in [2.45, 2.75) is 33.1 Å². The van der Waals surface area contributed by atoms with Gasteiger partial charge in [-0.15, -0.1) is 0 Å². The average molecular weight is 306 g/mol. The van der Waals surface area contributed by atoms with Gasteiger partial charge in [0.15, 0.2) is 0 Å². The third-order valence-corrected chi connectivity index (χ3v) is 3.44. The van der Waals surface area contributed by atoms with Gasteiger partial charge in [-0.1, -0.05) is 44.5 Å². The number of hydrogen-bond donors (Lipinski definition) is 1. The van der Waals surface area contributed by atoms with Crippen molar-refractivity contribution in [1.82, 2.24) is 9.97 Å². The van der Waals surface area contributed by atoms with Crippen molar-refractivity contribution in [1.29, 1.82) is 0 Å². The molecule has 2 rings (SSSR count). The number of halogens is 1. The Morgan fingerprint density at radius 3 is 2.52 bits per heavy atom. The minimum absolute atomic E-state index is 0.106. The second-order valence-corrected chi connectivity index (χ2v) is 6.34. The summed E-state index contributed by atoms with van der Waals surface area (Å²) in [4.78, 5) is 8.26. The van der Waals surface area contributed by atoms with Crippen molar-refractivity contribution >= 4 is 17.5 Å². The third kappa shape index (κ3) is 3.64. The van der Waals surface area contributed by atoms with E-state index in [-0.39, 0.29) is 5.41 Å². The molecule has 0 saturated carbocycles. The van der Waals surface area contributed by atoms with Crippen molar-refractivity contribution in [2.75, 3.05) is 12.4 Å². The van der Waals surface area contributed by atoms with E-state index in [1.807, 2.05) is 13.0 Å². The van der Waals surface area contributed by atoms with E-state index in [0.717, 1.165) is 11.3 Å². The highest BCUT2D eigenvalue weighted by atomic mass is 35.5. The maximum atomic E-state index is 6.08. The minimum atomic E-state index is 0.106. The van der Waals surface area contributed by atoms with Crippen molar-refractivity contribution < 1.29 is 4.74 Å². The molecule has 1 aromatic carbocycles. The van der Waals surface area contributed by atoms with Crippen LogP contribution in [0.3, 0.4) is 0 Å². The van der Waals surface area contributed by atoms with Gasteiger partial charge in [0.2, 0.25) is 11.8 Å². The SMILES string of the molecule is CNc1ncc(Cl)c(Oc2ccc(C(C)(C)C)cc2C)n1. The molecule has 0 fully saturated rings. The molecule has 0 unspecified atom stereocenters. The van der Waals surface area contributed by atoms with Crippen LogP contribution in [0.25, 0.3) is 0 Å². The Balaban J connectivity index is 2.32. The summed E-state index contributed by atoms with van der Waals surface area (Å²) in [6.07, 6.45) is 1.52. The van der Waals surface area contributed by atoms with Crippen LogP contribution in [0.2, 0.25) is 5.02 Å². The van der Waals surface area contributed by atoms with Gasteiger partial charge in [0.25, 0.3) is 0 Å². The van der Waals surface area contributed by atoms with Crippen LogP contribution in [0, 0.1) is 6.92 Å². The lowest BCUT2D eigenvalue weighted by molar-refractivity contribution is 0.458. The number of ether oxygens (including phenoxy) is 1. The van der Waals surface area contributed by atoms with E-state index in [1.54, 1.807) is 7.05 Å². The summed E-state index contributed by atoms with van der Waals surface area (Å²) in [7, 11) is 1.75. The van der Waals surface area contributed by atoms with Crippen LogP contribution in [0.15, 0.2) is 24.4 Å². The first kappa shape index (κ1) is 15.6.